The molecule has 7 heteroatoms. The monoisotopic (exact) mass is 434 g/mol. The Bertz CT molecular complexity index is 1050. The molecule has 168 valence electrons. The zero-order valence-corrected chi connectivity index (χ0v) is 19.0. The first-order valence-corrected chi connectivity index (χ1v) is 11.2. The summed E-state index contributed by atoms with van der Waals surface area (Å²) >= 11 is 0. The maximum Gasteiger partial charge on any atom is 0.278 e. The Hall–Kier alpha value is -3.06. The van der Waals surface area contributed by atoms with Gasteiger partial charge in [-0.2, -0.15) is 0 Å². The highest BCUT2D eigenvalue weighted by Gasteiger charge is 2.31. The van der Waals surface area contributed by atoms with Crippen LogP contribution in [-0.4, -0.2) is 41.2 Å². The van der Waals surface area contributed by atoms with E-state index >= 15 is 0 Å². The summed E-state index contributed by atoms with van der Waals surface area (Å²) in [7, 11) is 0. The molecular formula is C25H30N4O3. The molecule has 0 bridgehead atoms. The van der Waals surface area contributed by atoms with Gasteiger partial charge in [0.2, 0.25) is 5.95 Å². The van der Waals surface area contributed by atoms with E-state index in [9.17, 15) is 10.1 Å². The fourth-order valence-electron chi connectivity index (χ4n) is 4.61. The van der Waals surface area contributed by atoms with Crippen LogP contribution in [0.25, 0.3) is 17.3 Å². The number of aromatic nitrogens is 2. The Kier molecular flexibility index (Phi) is 6.37. The van der Waals surface area contributed by atoms with E-state index in [1.54, 1.807) is 18.2 Å². The van der Waals surface area contributed by atoms with Crippen molar-refractivity contribution in [2.24, 2.45) is 11.3 Å². The van der Waals surface area contributed by atoms with Crippen molar-refractivity contribution < 1.29 is 9.66 Å². The van der Waals surface area contributed by atoms with Crippen LogP contribution >= 0.6 is 0 Å². The number of nitro benzene ring substituents is 1. The van der Waals surface area contributed by atoms with Crippen molar-refractivity contribution in [2.45, 2.75) is 33.6 Å². The summed E-state index contributed by atoms with van der Waals surface area (Å²) in [4.78, 5) is 22.9. The number of benzene rings is 1. The maximum absolute atomic E-state index is 11.6. The molecular weight excluding hydrogens is 404 g/mol. The lowest BCUT2D eigenvalue weighted by Gasteiger charge is -2.36. The summed E-state index contributed by atoms with van der Waals surface area (Å²) in [6.07, 6.45) is 8.83. The predicted molar refractivity (Wildman–Crippen MR) is 126 cm³/mol. The smallest absolute Gasteiger partial charge is 0.278 e. The molecule has 2 aliphatic rings. The number of nitro groups is 1. The third-order valence-corrected chi connectivity index (χ3v) is 6.45. The SMILES string of the molecule is CC1=CCCC(C)(C)C1/C=C/c1cc(-c2ccccc2[N+](=O)[O-])nc(N2CCOCC2)n1. The zero-order valence-electron chi connectivity index (χ0n) is 19.0. The van der Waals surface area contributed by atoms with E-state index in [0.717, 1.165) is 18.5 Å². The molecule has 1 atom stereocenters. The lowest BCUT2D eigenvalue weighted by molar-refractivity contribution is -0.384. The lowest BCUT2D eigenvalue weighted by atomic mass is 9.68. The average Bonchev–Trinajstić information content (AvgIpc) is 2.78. The minimum absolute atomic E-state index is 0.0428. The van der Waals surface area contributed by atoms with Crippen LogP contribution in [0.1, 0.15) is 39.3 Å². The molecule has 1 aromatic carbocycles. The highest BCUT2D eigenvalue weighted by atomic mass is 16.6. The van der Waals surface area contributed by atoms with Gasteiger partial charge >= 0.3 is 0 Å². The van der Waals surface area contributed by atoms with Crippen molar-refractivity contribution in [1.82, 2.24) is 9.97 Å². The third-order valence-electron chi connectivity index (χ3n) is 6.45. The number of anilines is 1. The van der Waals surface area contributed by atoms with Crippen molar-refractivity contribution in [1.29, 1.82) is 0 Å². The van der Waals surface area contributed by atoms with Gasteiger partial charge in [-0.05, 0) is 43.4 Å². The number of hydrogen-bond acceptors (Lipinski definition) is 6. The van der Waals surface area contributed by atoms with Crippen LogP contribution in [0, 0.1) is 21.4 Å². The first-order chi connectivity index (χ1) is 15.3. The second kappa shape index (κ2) is 9.20. The fraction of sp³-hybridized carbons (Fsp3) is 0.440. The maximum atomic E-state index is 11.6. The number of ether oxygens (including phenoxy) is 1. The first kappa shape index (κ1) is 22.1. The topological polar surface area (TPSA) is 81.4 Å². The van der Waals surface area contributed by atoms with Gasteiger partial charge in [0.25, 0.3) is 5.69 Å². The molecule has 0 radical (unpaired) electrons. The van der Waals surface area contributed by atoms with Gasteiger partial charge in [0.05, 0.1) is 35.1 Å². The normalized spacial score (nSPS) is 20.9. The van der Waals surface area contributed by atoms with Crippen LogP contribution in [0.5, 0.6) is 0 Å². The highest BCUT2D eigenvalue weighted by molar-refractivity contribution is 5.73. The van der Waals surface area contributed by atoms with Gasteiger partial charge in [-0.25, -0.2) is 9.97 Å². The molecule has 1 unspecified atom stereocenters. The first-order valence-electron chi connectivity index (χ1n) is 11.2. The van der Waals surface area contributed by atoms with E-state index in [2.05, 4.69) is 37.8 Å². The van der Waals surface area contributed by atoms with Gasteiger partial charge in [0.15, 0.2) is 0 Å². The van der Waals surface area contributed by atoms with E-state index in [-0.39, 0.29) is 16.0 Å². The molecule has 1 fully saturated rings. The summed E-state index contributed by atoms with van der Waals surface area (Å²) in [5, 5.41) is 11.6. The predicted octanol–water partition coefficient (Wildman–Crippen LogP) is 5.28. The van der Waals surface area contributed by atoms with E-state index in [4.69, 9.17) is 14.7 Å². The number of para-hydroxylation sites is 1. The Morgan fingerprint density at radius 1 is 1.22 bits per heavy atom. The summed E-state index contributed by atoms with van der Waals surface area (Å²) in [6, 6.07) is 8.58. The second-order valence-electron chi connectivity index (χ2n) is 9.16. The van der Waals surface area contributed by atoms with Gasteiger partial charge < -0.3 is 9.64 Å². The number of rotatable bonds is 5. The minimum Gasteiger partial charge on any atom is -0.378 e. The number of hydrogen-bond donors (Lipinski definition) is 0. The van der Waals surface area contributed by atoms with Crippen LogP contribution < -0.4 is 4.90 Å². The Labute approximate surface area is 189 Å². The molecule has 7 nitrogen and oxygen atoms in total. The van der Waals surface area contributed by atoms with Crippen molar-refractivity contribution in [3.05, 3.63) is 63.9 Å². The van der Waals surface area contributed by atoms with Crippen molar-refractivity contribution >= 4 is 17.7 Å². The molecule has 0 amide bonds. The van der Waals surface area contributed by atoms with Gasteiger partial charge in [-0.1, -0.05) is 43.7 Å². The molecule has 0 N–H and O–H groups in total. The molecule has 0 spiro atoms. The largest absolute Gasteiger partial charge is 0.378 e. The molecule has 4 rings (SSSR count). The molecule has 2 aromatic rings. The number of allylic oxidation sites excluding steroid dienone is 3. The molecule has 1 aromatic heterocycles. The van der Waals surface area contributed by atoms with Crippen LogP contribution in [0.3, 0.4) is 0 Å². The van der Waals surface area contributed by atoms with Crippen molar-refractivity contribution in [3.63, 3.8) is 0 Å². The summed E-state index contributed by atoms with van der Waals surface area (Å²) in [5.41, 5.74) is 3.40. The quantitative estimate of drug-likeness (QED) is 0.362. The zero-order chi connectivity index (χ0) is 22.7. The van der Waals surface area contributed by atoms with Crippen molar-refractivity contribution in [2.75, 3.05) is 31.2 Å². The standard InChI is InChI=1S/C25H30N4O3/c1-18-7-6-12-25(2,3)21(18)11-10-19-17-22(20-8-4-5-9-23(20)29(30)31)27-24(26-19)28-13-15-32-16-14-28/h4-5,7-11,17,21H,6,12-16H2,1-3H3/b11-10+. The van der Waals surface area contributed by atoms with Gasteiger partial charge in [0, 0.05) is 25.1 Å². The lowest BCUT2D eigenvalue weighted by Crippen LogP contribution is -2.37. The van der Waals surface area contributed by atoms with E-state index in [1.165, 1.54) is 11.6 Å². The molecule has 32 heavy (non-hydrogen) atoms. The van der Waals surface area contributed by atoms with Crippen LogP contribution in [0.4, 0.5) is 11.6 Å². The summed E-state index contributed by atoms with van der Waals surface area (Å²) < 4.78 is 5.47. The fourth-order valence-corrected chi connectivity index (χ4v) is 4.61. The van der Waals surface area contributed by atoms with Crippen LogP contribution in [-0.2, 0) is 4.74 Å². The number of morpholine rings is 1. The molecule has 1 saturated heterocycles. The Morgan fingerprint density at radius 2 is 1.97 bits per heavy atom. The van der Waals surface area contributed by atoms with Gasteiger partial charge in [0.1, 0.15) is 0 Å². The van der Waals surface area contributed by atoms with Crippen LogP contribution in [0.15, 0.2) is 48.1 Å². The van der Waals surface area contributed by atoms with Gasteiger partial charge in [-0.3, -0.25) is 10.1 Å². The van der Waals surface area contributed by atoms with E-state index < -0.39 is 0 Å². The third kappa shape index (κ3) is 4.72. The minimum atomic E-state index is -0.361. The molecule has 1 aliphatic heterocycles. The molecule has 2 heterocycles. The van der Waals surface area contributed by atoms with E-state index in [0.29, 0.717) is 49.4 Å². The van der Waals surface area contributed by atoms with Crippen molar-refractivity contribution in [3.8, 4) is 11.3 Å². The Balaban J connectivity index is 1.77. The Morgan fingerprint density at radius 3 is 2.69 bits per heavy atom. The second-order valence-corrected chi connectivity index (χ2v) is 9.16. The number of nitrogens with zero attached hydrogens (tertiary/aromatic N) is 4. The van der Waals surface area contributed by atoms with E-state index in [1.807, 2.05) is 12.1 Å². The molecule has 1 aliphatic carbocycles. The molecule has 0 saturated carbocycles. The van der Waals surface area contributed by atoms with Crippen LogP contribution in [0.2, 0.25) is 0 Å². The summed E-state index contributed by atoms with van der Waals surface area (Å²) in [5.74, 6) is 0.909. The average molecular weight is 435 g/mol. The van der Waals surface area contributed by atoms with Gasteiger partial charge in [-0.15, -0.1) is 0 Å². The summed E-state index contributed by atoms with van der Waals surface area (Å²) in [6.45, 7) is 9.41. The highest BCUT2D eigenvalue weighted by Crippen LogP contribution is 2.42.